The third-order valence-corrected chi connectivity index (χ3v) is 4.49. The van der Waals surface area contributed by atoms with Gasteiger partial charge in [-0.3, -0.25) is 4.98 Å². The predicted octanol–water partition coefficient (Wildman–Crippen LogP) is 4.57. The molecule has 0 fully saturated rings. The smallest absolute Gasteiger partial charge is 0.0605 e. The van der Waals surface area contributed by atoms with Crippen LogP contribution in [0.15, 0.2) is 47.1 Å². The maximum Gasteiger partial charge on any atom is 0.0605 e. The molecule has 3 heteroatoms. The first-order chi connectivity index (χ1) is 9.74. The highest BCUT2D eigenvalue weighted by Gasteiger charge is 2.22. The molecular formula is C17H19BrN2. The number of aryl methyl sites for hydroxylation is 1. The molecule has 1 aliphatic rings. The minimum atomic E-state index is 0.324. The van der Waals surface area contributed by atoms with Crippen LogP contribution in [-0.4, -0.2) is 4.98 Å². The molecule has 1 heterocycles. The van der Waals surface area contributed by atoms with Gasteiger partial charge in [-0.05, 0) is 55.5 Å². The number of rotatable bonds is 3. The number of benzene rings is 1. The van der Waals surface area contributed by atoms with E-state index in [0.29, 0.717) is 12.1 Å². The first-order valence-electron chi connectivity index (χ1n) is 7.19. The molecule has 0 saturated heterocycles. The summed E-state index contributed by atoms with van der Waals surface area (Å²) in [4.78, 5) is 4.59. The fraction of sp³-hybridized carbons (Fsp3) is 0.353. The quantitative estimate of drug-likeness (QED) is 0.891. The molecule has 104 valence electrons. The Hall–Kier alpha value is -1.19. The van der Waals surface area contributed by atoms with Gasteiger partial charge in [-0.15, -0.1) is 0 Å². The topological polar surface area (TPSA) is 24.9 Å². The van der Waals surface area contributed by atoms with Crippen LogP contribution in [0.25, 0.3) is 0 Å². The SMILES string of the molecule is C[C@@H](NC1CCCc2cccnc21)c1cccc(Br)c1. The minimum Gasteiger partial charge on any atom is -0.302 e. The largest absolute Gasteiger partial charge is 0.302 e. The van der Waals surface area contributed by atoms with Crippen molar-refractivity contribution < 1.29 is 0 Å². The lowest BCUT2D eigenvalue weighted by Gasteiger charge is -2.28. The zero-order valence-corrected chi connectivity index (χ0v) is 13.2. The molecule has 1 unspecified atom stereocenters. The lowest BCUT2D eigenvalue weighted by Crippen LogP contribution is -2.28. The summed E-state index contributed by atoms with van der Waals surface area (Å²) in [5.41, 5.74) is 3.95. The number of nitrogens with one attached hydrogen (secondary N) is 1. The second-order valence-electron chi connectivity index (χ2n) is 5.44. The Kier molecular flexibility index (Phi) is 4.18. The lowest BCUT2D eigenvalue weighted by molar-refractivity contribution is 0.406. The molecule has 0 saturated carbocycles. The van der Waals surface area contributed by atoms with Crippen LogP contribution in [0.3, 0.4) is 0 Å². The second-order valence-corrected chi connectivity index (χ2v) is 6.35. The van der Waals surface area contributed by atoms with Crippen LogP contribution in [-0.2, 0) is 6.42 Å². The zero-order valence-electron chi connectivity index (χ0n) is 11.6. The fourth-order valence-corrected chi connectivity index (χ4v) is 3.36. The molecule has 0 aliphatic heterocycles. The molecule has 1 aliphatic carbocycles. The molecule has 1 aromatic carbocycles. The van der Waals surface area contributed by atoms with Crippen molar-refractivity contribution in [2.45, 2.75) is 38.3 Å². The Labute approximate surface area is 128 Å². The van der Waals surface area contributed by atoms with E-state index in [1.807, 2.05) is 12.3 Å². The Bertz CT molecular complexity index is 597. The number of nitrogens with zero attached hydrogens (tertiary/aromatic N) is 1. The molecule has 1 N–H and O–H groups in total. The third kappa shape index (κ3) is 2.94. The summed E-state index contributed by atoms with van der Waals surface area (Å²) in [6.45, 7) is 2.22. The zero-order chi connectivity index (χ0) is 13.9. The van der Waals surface area contributed by atoms with E-state index < -0.39 is 0 Å². The molecule has 0 spiro atoms. The van der Waals surface area contributed by atoms with E-state index >= 15 is 0 Å². The van der Waals surface area contributed by atoms with Gasteiger partial charge in [-0.1, -0.05) is 34.1 Å². The summed E-state index contributed by atoms with van der Waals surface area (Å²) in [6.07, 6.45) is 5.47. The summed E-state index contributed by atoms with van der Waals surface area (Å²) < 4.78 is 1.13. The van der Waals surface area contributed by atoms with Crippen molar-refractivity contribution in [1.82, 2.24) is 10.3 Å². The van der Waals surface area contributed by atoms with Gasteiger partial charge < -0.3 is 5.32 Å². The Balaban J connectivity index is 1.79. The number of pyridine rings is 1. The highest BCUT2D eigenvalue weighted by molar-refractivity contribution is 9.10. The summed E-state index contributed by atoms with van der Waals surface area (Å²) in [6, 6.07) is 13.4. The van der Waals surface area contributed by atoms with Gasteiger partial charge in [0.15, 0.2) is 0 Å². The van der Waals surface area contributed by atoms with E-state index in [1.54, 1.807) is 0 Å². The van der Waals surface area contributed by atoms with Crippen LogP contribution in [0.1, 0.15) is 48.7 Å². The van der Waals surface area contributed by atoms with Crippen molar-refractivity contribution in [1.29, 1.82) is 0 Å². The molecule has 0 radical (unpaired) electrons. The van der Waals surface area contributed by atoms with Crippen molar-refractivity contribution in [3.8, 4) is 0 Å². The van der Waals surface area contributed by atoms with Crippen molar-refractivity contribution >= 4 is 15.9 Å². The van der Waals surface area contributed by atoms with Crippen LogP contribution in [0.2, 0.25) is 0 Å². The fourth-order valence-electron chi connectivity index (χ4n) is 2.95. The van der Waals surface area contributed by atoms with E-state index in [1.165, 1.54) is 29.7 Å². The number of halogens is 1. The van der Waals surface area contributed by atoms with Gasteiger partial charge in [-0.25, -0.2) is 0 Å². The molecule has 2 nitrogen and oxygen atoms in total. The van der Waals surface area contributed by atoms with E-state index in [9.17, 15) is 0 Å². The van der Waals surface area contributed by atoms with Crippen molar-refractivity contribution in [2.75, 3.05) is 0 Å². The molecule has 20 heavy (non-hydrogen) atoms. The number of fused-ring (bicyclic) bond motifs is 1. The van der Waals surface area contributed by atoms with Gasteiger partial charge in [0.1, 0.15) is 0 Å². The summed E-state index contributed by atoms with van der Waals surface area (Å²) >= 11 is 3.54. The summed E-state index contributed by atoms with van der Waals surface area (Å²) in [5, 5.41) is 3.74. The van der Waals surface area contributed by atoms with Crippen LogP contribution in [0, 0.1) is 0 Å². The van der Waals surface area contributed by atoms with Gasteiger partial charge in [0.2, 0.25) is 0 Å². The number of aromatic nitrogens is 1. The first kappa shape index (κ1) is 13.8. The Morgan fingerprint density at radius 2 is 2.20 bits per heavy atom. The maximum atomic E-state index is 4.59. The molecular weight excluding hydrogens is 312 g/mol. The predicted molar refractivity (Wildman–Crippen MR) is 85.6 cm³/mol. The van der Waals surface area contributed by atoms with Gasteiger partial charge in [0, 0.05) is 16.7 Å². The van der Waals surface area contributed by atoms with E-state index in [4.69, 9.17) is 0 Å². The van der Waals surface area contributed by atoms with Gasteiger partial charge in [-0.2, -0.15) is 0 Å². The Morgan fingerprint density at radius 3 is 3.05 bits per heavy atom. The highest BCUT2D eigenvalue weighted by atomic mass is 79.9. The molecule has 0 amide bonds. The van der Waals surface area contributed by atoms with Crippen molar-refractivity contribution in [2.24, 2.45) is 0 Å². The minimum absolute atomic E-state index is 0.324. The van der Waals surface area contributed by atoms with Gasteiger partial charge in [0.05, 0.1) is 11.7 Å². The number of hydrogen-bond donors (Lipinski definition) is 1. The van der Waals surface area contributed by atoms with Crippen LogP contribution < -0.4 is 5.32 Å². The monoisotopic (exact) mass is 330 g/mol. The van der Waals surface area contributed by atoms with Gasteiger partial charge in [0.25, 0.3) is 0 Å². The molecule has 0 bridgehead atoms. The van der Waals surface area contributed by atoms with E-state index in [-0.39, 0.29) is 0 Å². The maximum absolute atomic E-state index is 4.59. The lowest BCUT2D eigenvalue weighted by atomic mass is 9.91. The average molecular weight is 331 g/mol. The third-order valence-electron chi connectivity index (χ3n) is 3.99. The van der Waals surface area contributed by atoms with Crippen LogP contribution in [0.5, 0.6) is 0 Å². The second kappa shape index (κ2) is 6.06. The molecule has 2 atom stereocenters. The first-order valence-corrected chi connectivity index (χ1v) is 7.98. The highest BCUT2D eigenvalue weighted by Crippen LogP contribution is 2.30. The van der Waals surface area contributed by atoms with E-state index in [2.05, 4.69) is 63.5 Å². The van der Waals surface area contributed by atoms with E-state index in [0.717, 1.165) is 10.9 Å². The average Bonchev–Trinajstić information content (AvgIpc) is 2.47. The normalized spacial score (nSPS) is 19.4. The summed E-state index contributed by atoms with van der Waals surface area (Å²) in [5.74, 6) is 0. The molecule has 2 aromatic rings. The van der Waals surface area contributed by atoms with Crippen LogP contribution in [0.4, 0.5) is 0 Å². The Morgan fingerprint density at radius 1 is 1.30 bits per heavy atom. The standard InChI is InChI=1S/C17H19BrN2/c1-12(14-6-2-8-15(18)11-14)20-16-9-3-5-13-7-4-10-19-17(13)16/h2,4,6-8,10-12,16,20H,3,5,9H2,1H3/t12-,16?/m1/s1. The molecule has 1 aromatic heterocycles. The van der Waals surface area contributed by atoms with Crippen LogP contribution >= 0.6 is 15.9 Å². The number of hydrogen-bond acceptors (Lipinski definition) is 2. The van der Waals surface area contributed by atoms with Gasteiger partial charge >= 0.3 is 0 Å². The summed E-state index contributed by atoms with van der Waals surface area (Å²) in [7, 11) is 0. The van der Waals surface area contributed by atoms with Crippen molar-refractivity contribution in [3.63, 3.8) is 0 Å². The molecule has 3 rings (SSSR count). The van der Waals surface area contributed by atoms with Crippen molar-refractivity contribution in [3.05, 3.63) is 63.9 Å².